The van der Waals surface area contributed by atoms with E-state index in [1.807, 2.05) is 60.7 Å². The molecule has 1 aromatic heterocycles. The molecule has 0 spiro atoms. The molecule has 1 saturated heterocycles. The number of hydrogen-bond acceptors (Lipinski definition) is 9. The Morgan fingerprint density at radius 2 is 1.76 bits per heavy atom. The lowest BCUT2D eigenvalue weighted by molar-refractivity contribution is -0.138. The van der Waals surface area contributed by atoms with Crippen LogP contribution in [-0.4, -0.2) is 79.8 Å². The molecule has 2 fully saturated rings. The van der Waals surface area contributed by atoms with Gasteiger partial charge in [-0.15, -0.1) is 0 Å². The lowest BCUT2D eigenvalue weighted by Gasteiger charge is -2.25. The number of fused-ring (bicyclic) bond motifs is 4. The van der Waals surface area contributed by atoms with Gasteiger partial charge in [0, 0.05) is 54.5 Å². The van der Waals surface area contributed by atoms with Gasteiger partial charge in [-0.25, -0.2) is 18.1 Å². The molecule has 55 heavy (non-hydrogen) atoms. The van der Waals surface area contributed by atoms with Gasteiger partial charge >= 0.3 is 0 Å². The third kappa shape index (κ3) is 8.04. The van der Waals surface area contributed by atoms with Crippen molar-refractivity contribution in [1.82, 2.24) is 25.2 Å². The number of carbonyl (C=O) groups excluding carboxylic acids is 4. The number of methoxy groups -OCH3 is 1. The Labute approximate surface area is 319 Å². The zero-order valence-electron chi connectivity index (χ0n) is 30.6. The Morgan fingerprint density at radius 3 is 2.55 bits per heavy atom. The smallest absolute Gasteiger partial charge is 0.264 e. The minimum Gasteiger partial charge on any atom is -0.497 e. The Bertz CT molecular complexity index is 2280. The van der Waals surface area contributed by atoms with Gasteiger partial charge in [0.25, 0.3) is 21.8 Å². The molecule has 14 heteroatoms. The van der Waals surface area contributed by atoms with Crippen LogP contribution in [0.25, 0.3) is 22.2 Å². The molecule has 0 unspecified atom stereocenters. The monoisotopic (exact) mass is 765 g/mol. The lowest BCUT2D eigenvalue weighted by Crippen LogP contribution is -2.56. The standard InChI is InChI=1S/C41H43N5O8S/c1-26(47)46-25-31(54-37-23-34(27-12-7-6-8-13-27)43-35-21-30(53-2)17-18-33(35)37)22-36(46)39(49)44-41-24-29(41)15-9-4-3-5-10-19-42-38(48)28-14-11-16-32(20-28)55(51,52)45-40(41)50/h6-9,11-18,20-21,23,29,31,36H,3-5,10,19,22,24-25H2,1-2H3,(H,42,48)(H,44,49)(H,45,50)/t29-,31+,36-,41+/m0/s1. The summed E-state index contributed by atoms with van der Waals surface area (Å²) in [5.41, 5.74) is 0.763. The van der Waals surface area contributed by atoms with Gasteiger partial charge < -0.3 is 25.0 Å². The molecule has 3 aliphatic rings. The molecular weight excluding hydrogens is 723 g/mol. The second-order valence-electron chi connectivity index (χ2n) is 14.2. The average Bonchev–Trinajstić information content (AvgIpc) is 3.71. The number of nitrogens with one attached hydrogen (secondary N) is 3. The van der Waals surface area contributed by atoms with E-state index in [1.165, 1.54) is 36.1 Å². The molecule has 7 rings (SSSR count). The maximum Gasteiger partial charge on any atom is 0.264 e. The van der Waals surface area contributed by atoms with Crippen molar-refractivity contribution in [3.05, 3.63) is 96.6 Å². The van der Waals surface area contributed by atoms with Crippen LogP contribution in [0.3, 0.4) is 0 Å². The molecule has 286 valence electrons. The number of allylic oxidation sites excluding steroid dienone is 1. The van der Waals surface area contributed by atoms with Crippen molar-refractivity contribution < 1.29 is 37.1 Å². The maximum atomic E-state index is 14.2. The number of benzene rings is 3. The number of nitrogens with zero attached hydrogens (tertiary/aromatic N) is 2. The molecule has 1 saturated carbocycles. The lowest BCUT2D eigenvalue weighted by atomic mass is 10.1. The summed E-state index contributed by atoms with van der Waals surface area (Å²) >= 11 is 0. The van der Waals surface area contributed by atoms with Crippen molar-refractivity contribution in [2.45, 2.75) is 68.0 Å². The first-order valence-electron chi connectivity index (χ1n) is 18.4. The van der Waals surface area contributed by atoms with Crippen LogP contribution in [0.5, 0.6) is 11.5 Å². The van der Waals surface area contributed by atoms with E-state index in [0.717, 1.165) is 30.2 Å². The molecular formula is C41H43N5O8S. The molecule has 0 radical (unpaired) electrons. The molecule has 4 amide bonds. The van der Waals surface area contributed by atoms with Gasteiger partial charge in [0.1, 0.15) is 29.2 Å². The van der Waals surface area contributed by atoms with Crippen LogP contribution in [0.1, 0.15) is 55.8 Å². The van der Waals surface area contributed by atoms with Crippen LogP contribution in [0.4, 0.5) is 0 Å². The van der Waals surface area contributed by atoms with Crippen molar-refractivity contribution in [3.8, 4) is 22.8 Å². The summed E-state index contributed by atoms with van der Waals surface area (Å²) in [6.45, 7) is 1.92. The summed E-state index contributed by atoms with van der Waals surface area (Å²) in [5.74, 6) is -1.60. The van der Waals surface area contributed by atoms with Crippen molar-refractivity contribution >= 4 is 44.6 Å². The second-order valence-corrected chi connectivity index (χ2v) is 15.9. The van der Waals surface area contributed by atoms with Crippen molar-refractivity contribution in [2.75, 3.05) is 20.2 Å². The first-order chi connectivity index (χ1) is 26.5. The number of ether oxygens (including phenoxy) is 2. The van der Waals surface area contributed by atoms with Gasteiger partial charge in [-0.3, -0.25) is 19.2 Å². The predicted molar refractivity (Wildman–Crippen MR) is 205 cm³/mol. The number of aromatic nitrogens is 1. The van der Waals surface area contributed by atoms with Crippen LogP contribution >= 0.6 is 0 Å². The molecule has 4 aromatic rings. The highest BCUT2D eigenvalue weighted by atomic mass is 32.2. The molecule has 13 nitrogen and oxygen atoms in total. The number of likely N-dealkylation sites (tertiary alicyclic amines) is 1. The van der Waals surface area contributed by atoms with E-state index in [-0.39, 0.29) is 35.8 Å². The van der Waals surface area contributed by atoms with Crippen LogP contribution in [0.15, 0.2) is 95.9 Å². The summed E-state index contributed by atoms with van der Waals surface area (Å²) in [6, 6.07) is 21.4. The van der Waals surface area contributed by atoms with E-state index in [4.69, 9.17) is 14.5 Å². The van der Waals surface area contributed by atoms with Gasteiger partial charge in [0.2, 0.25) is 11.8 Å². The van der Waals surface area contributed by atoms with E-state index < -0.39 is 51.3 Å². The first kappa shape index (κ1) is 37.6. The molecule has 4 atom stereocenters. The van der Waals surface area contributed by atoms with Crippen molar-refractivity contribution in [2.24, 2.45) is 5.92 Å². The van der Waals surface area contributed by atoms with E-state index in [9.17, 15) is 27.6 Å². The normalized spacial score (nSPS) is 23.8. The maximum absolute atomic E-state index is 14.2. The Morgan fingerprint density at radius 1 is 0.964 bits per heavy atom. The van der Waals surface area contributed by atoms with Crippen LogP contribution in [0.2, 0.25) is 0 Å². The molecule has 3 N–H and O–H groups in total. The predicted octanol–water partition coefficient (Wildman–Crippen LogP) is 4.52. The minimum atomic E-state index is -4.43. The highest BCUT2D eigenvalue weighted by Crippen LogP contribution is 2.46. The summed E-state index contributed by atoms with van der Waals surface area (Å²) in [6.07, 6.45) is 6.62. The summed E-state index contributed by atoms with van der Waals surface area (Å²) in [7, 11) is -2.85. The SMILES string of the molecule is COc1ccc2c(O[C@@H]3C[C@@H](C(=O)N[C@]45C[C@@H]4C=CCCCCCNC(=O)c4cccc(c4)S(=O)(=O)NC5=O)N(C(C)=O)C3)cc(-c3ccccc3)nc2c1. The minimum absolute atomic E-state index is 0.106. The first-order valence-corrected chi connectivity index (χ1v) is 19.9. The summed E-state index contributed by atoms with van der Waals surface area (Å²) < 4.78 is 41.2. The summed E-state index contributed by atoms with van der Waals surface area (Å²) in [5, 5.41) is 6.39. The number of carbonyl (C=O) groups is 4. The Balaban J connectivity index is 1.14. The van der Waals surface area contributed by atoms with Gasteiger partial charge in [0.05, 0.1) is 29.8 Å². The molecule has 3 aromatic carbocycles. The van der Waals surface area contributed by atoms with Gasteiger partial charge in [0.15, 0.2) is 0 Å². The van der Waals surface area contributed by atoms with Crippen LogP contribution in [-0.2, 0) is 24.4 Å². The Kier molecular flexibility index (Phi) is 10.6. The van der Waals surface area contributed by atoms with Gasteiger partial charge in [-0.05, 0) is 56.0 Å². The fourth-order valence-electron chi connectivity index (χ4n) is 7.31. The van der Waals surface area contributed by atoms with E-state index in [1.54, 1.807) is 13.2 Å². The summed E-state index contributed by atoms with van der Waals surface area (Å²) in [4.78, 5) is 59.8. The molecule has 3 heterocycles. The average molecular weight is 766 g/mol. The fraction of sp³-hybridized carbons (Fsp3) is 0.341. The third-order valence-electron chi connectivity index (χ3n) is 10.4. The van der Waals surface area contributed by atoms with Gasteiger partial charge in [-0.2, -0.15) is 0 Å². The largest absolute Gasteiger partial charge is 0.497 e. The number of sulfonamides is 1. The zero-order valence-corrected chi connectivity index (χ0v) is 31.4. The number of amides is 4. The molecule has 2 bridgehead atoms. The number of rotatable bonds is 6. The molecule has 1 aliphatic carbocycles. The number of pyridine rings is 1. The van der Waals surface area contributed by atoms with Crippen molar-refractivity contribution in [1.29, 1.82) is 0 Å². The number of hydrogen-bond donors (Lipinski definition) is 3. The van der Waals surface area contributed by atoms with Crippen LogP contribution in [0, 0.1) is 5.92 Å². The van der Waals surface area contributed by atoms with Crippen molar-refractivity contribution in [3.63, 3.8) is 0 Å². The zero-order chi connectivity index (χ0) is 38.7. The van der Waals surface area contributed by atoms with Crippen LogP contribution < -0.4 is 24.8 Å². The highest BCUT2D eigenvalue weighted by molar-refractivity contribution is 7.90. The van der Waals surface area contributed by atoms with Gasteiger partial charge in [-0.1, -0.05) is 55.0 Å². The topological polar surface area (TPSA) is 173 Å². The quantitative estimate of drug-likeness (QED) is 0.239. The second kappa shape index (κ2) is 15.5. The van der Waals surface area contributed by atoms with E-state index in [2.05, 4.69) is 15.4 Å². The Hall–Kier alpha value is -5.76. The fourth-order valence-corrected chi connectivity index (χ4v) is 8.39. The highest BCUT2D eigenvalue weighted by Gasteiger charge is 2.61. The third-order valence-corrected chi connectivity index (χ3v) is 11.7. The van der Waals surface area contributed by atoms with E-state index in [0.29, 0.717) is 35.7 Å². The molecule has 2 aliphatic heterocycles. The van der Waals surface area contributed by atoms with E-state index >= 15 is 0 Å².